The summed E-state index contributed by atoms with van der Waals surface area (Å²) in [5.41, 5.74) is 0.571. The summed E-state index contributed by atoms with van der Waals surface area (Å²) in [6.07, 6.45) is 1.92. The van der Waals surface area contributed by atoms with Gasteiger partial charge in [0.25, 0.3) is 11.6 Å². The van der Waals surface area contributed by atoms with Gasteiger partial charge in [-0.15, -0.1) is 0 Å². The number of nitrogens with one attached hydrogen (secondary N) is 1. The molecule has 29 heavy (non-hydrogen) atoms. The van der Waals surface area contributed by atoms with Crippen LogP contribution in [0.2, 0.25) is 0 Å². The highest BCUT2D eigenvalue weighted by atomic mass is 19.3. The number of hydrogen-bond donors (Lipinski definition) is 1. The second kappa shape index (κ2) is 8.72. The van der Waals surface area contributed by atoms with Gasteiger partial charge in [-0.3, -0.25) is 14.9 Å². The second-order valence-corrected chi connectivity index (χ2v) is 6.35. The summed E-state index contributed by atoms with van der Waals surface area (Å²) in [7, 11) is 1.30. The molecule has 154 valence electrons. The number of carbonyl (C=O) groups excluding carboxylic acids is 1. The molecule has 2 aromatic rings. The zero-order chi connectivity index (χ0) is 21.0. The Hall–Kier alpha value is -3.43. The number of nitrogens with zero attached hydrogens (tertiary/aromatic N) is 2. The number of halogens is 2. The molecule has 1 aliphatic rings. The molecule has 0 unspecified atom stereocenters. The average Bonchev–Trinajstić information content (AvgIpc) is 3.22. The largest absolute Gasteiger partial charge is 0.493 e. The summed E-state index contributed by atoms with van der Waals surface area (Å²) in [5, 5.41) is 14.0. The number of carbonyl (C=O) groups is 1. The first-order valence-electron chi connectivity index (χ1n) is 8.86. The zero-order valence-electron chi connectivity index (χ0n) is 15.6. The van der Waals surface area contributed by atoms with Crippen molar-refractivity contribution in [3.05, 3.63) is 52.1 Å². The van der Waals surface area contributed by atoms with Gasteiger partial charge in [-0.1, -0.05) is 0 Å². The quantitative estimate of drug-likeness (QED) is 0.550. The highest BCUT2D eigenvalue weighted by Crippen LogP contribution is 2.33. The topological polar surface area (TPSA) is 93.9 Å². The number of ether oxygens (including phenoxy) is 2. The fourth-order valence-electron chi connectivity index (χ4n) is 3.18. The van der Waals surface area contributed by atoms with Crippen LogP contribution in [0.1, 0.15) is 23.2 Å². The molecule has 8 nitrogen and oxygen atoms in total. The first kappa shape index (κ1) is 20.3. The molecule has 0 atom stereocenters. The predicted molar refractivity (Wildman–Crippen MR) is 102 cm³/mol. The molecule has 0 radical (unpaired) electrons. The van der Waals surface area contributed by atoms with Crippen molar-refractivity contribution in [2.75, 3.05) is 30.4 Å². The van der Waals surface area contributed by atoms with Crippen molar-refractivity contribution >= 4 is 23.0 Å². The maximum atomic E-state index is 12.5. The third-order valence-corrected chi connectivity index (χ3v) is 4.52. The monoisotopic (exact) mass is 407 g/mol. The molecule has 1 amide bonds. The minimum atomic E-state index is -3.06. The molecule has 10 heteroatoms. The van der Waals surface area contributed by atoms with E-state index in [-0.39, 0.29) is 28.4 Å². The van der Waals surface area contributed by atoms with Crippen LogP contribution in [0.25, 0.3) is 0 Å². The highest BCUT2D eigenvalue weighted by molar-refractivity contribution is 6.05. The summed E-state index contributed by atoms with van der Waals surface area (Å²) in [4.78, 5) is 25.4. The Morgan fingerprint density at radius 3 is 2.52 bits per heavy atom. The maximum Gasteiger partial charge on any atom is 0.387 e. The van der Waals surface area contributed by atoms with Crippen LogP contribution in [0.5, 0.6) is 11.5 Å². The van der Waals surface area contributed by atoms with Crippen molar-refractivity contribution in [1.29, 1.82) is 0 Å². The third kappa shape index (κ3) is 4.71. The van der Waals surface area contributed by atoms with Crippen molar-refractivity contribution in [3.63, 3.8) is 0 Å². The van der Waals surface area contributed by atoms with E-state index in [0.717, 1.165) is 25.9 Å². The molecule has 0 aromatic heterocycles. The number of rotatable bonds is 7. The summed E-state index contributed by atoms with van der Waals surface area (Å²) >= 11 is 0. The number of amides is 1. The molecule has 0 saturated carbocycles. The molecule has 0 aliphatic carbocycles. The number of nitro benzene ring substituents is 1. The van der Waals surface area contributed by atoms with Gasteiger partial charge in [-0.05, 0) is 37.1 Å². The fraction of sp³-hybridized carbons (Fsp3) is 0.316. The van der Waals surface area contributed by atoms with Gasteiger partial charge in [-0.25, -0.2) is 0 Å². The van der Waals surface area contributed by atoms with E-state index >= 15 is 0 Å². The van der Waals surface area contributed by atoms with Crippen LogP contribution in [-0.4, -0.2) is 37.6 Å². The van der Waals surface area contributed by atoms with Gasteiger partial charge < -0.3 is 19.7 Å². The van der Waals surface area contributed by atoms with Crippen molar-refractivity contribution in [2.45, 2.75) is 19.5 Å². The number of alkyl halides is 2. The Morgan fingerprint density at radius 2 is 1.90 bits per heavy atom. The van der Waals surface area contributed by atoms with Crippen LogP contribution in [0, 0.1) is 10.1 Å². The molecule has 0 spiro atoms. The molecular weight excluding hydrogens is 388 g/mol. The lowest BCUT2D eigenvalue weighted by atomic mass is 10.1. The number of nitro groups is 1. The lowest BCUT2D eigenvalue weighted by Gasteiger charge is -2.18. The van der Waals surface area contributed by atoms with Crippen LogP contribution >= 0.6 is 0 Å². The van der Waals surface area contributed by atoms with Gasteiger partial charge >= 0.3 is 6.61 Å². The summed E-state index contributed by atoms with van der Waals surface area (Å²) in [5.74, 6) is -0.779. The molecule has 2 aromatic carbocycles. The Morgan fingerprint density at radius 1 is 1.17 bits per heavy atom. The zero-order valence-corrected chi connectivity index (χ0v) is 15.6. The lowest BCUT2D eigenvalue weighted by Crippen LogP contribution is -2.19. The van der Waals surface area contributed by atoms with E-state index in [1.54, 1.807) is 6.07 Å². The van der Waals surface area contributed by atoms with Crippen LogP contribution in [-0.2, 0) is 0 Å². The Balaban J connectivity index is 1.83. The first-order chi connectivity index (χ1) is 13.9. The minimum absolute atomic E-state index is 0.0757. The molecule has 1 fully saturated rings. The van der Waals surface area contributed by atoms with Crippen LogP contribution in [0.15, 0.2) is 36.4 Å². The van der Waals surface area contributed by atoms with Crippen LogP contribution in [0.4, 0.5) is 25.8 Å². The number of methoxy groups -OCH3 is 1. The highest BCUT2D eigenvalue weighted by Gasteiger charge is 2.24. The van der Waals surface area contributed by atoms with Crippen molar-refractivity contribution in [2.24, 2.45) is 0 Å². The van der Waals surface area contributed by atoms with Crippen molar-refractivity contribution in [3.8, 4) is 11.5 Å². The standard InChI is InChI=1S/C19H19F2N3O5/c1-28-16-7-5-13(11-17(16)29-19(20)21)22-18(25)12-4-6-14(15(10-12)24(26)27)23-8-2-3-9-23/h4-7,10-11,19H,2-3,8-9H2,1H3,(H,22,25). The van der Waals surface area contributed by atoms with E-state index in [4.69, 9.17) is 4.74 Å². The van der Waals surface area contributed by atoms with Gasteiger partial charge in [0.1, 0.15) is 5.69 Å². The Bertz CT molecular complexity index is 917. The molecule has 1 N–H and O–H groups in total. The van der Waals surface area contributed by atoms with Gasteiger partial charge in [0.2, 0.25) is 0 Å². The maximum absolute atomic E-state index is 12.5. The van der Waals surface area contributed by atoms with E-state index in [2.05, 4.69) is 10.1 Å². The molecule has 1 heterocycles. The number of benzene rings is 2. The predicted octanol–water partition coefficient (Wildman–Crippen LogP) is 4.06. The van der Waals surface area contributed by atoms with E-state index in [1.807, 2.05) is 4.90 Å². The first-order valence-corrected chi connectivity index (χ1v) is 8.86. The Labute approximate surface area is 165 Å². The molecule has 3 rings (SSSR count). The molecule has 1 aliphatic heterocycles. The number of anilines is 2. The lowest BCUT2D eigenvalue weighted by molar-refractivity contribution is -0.384. The number of hydrogen-bond acceptors (Lipinski definition) is 6. The van der Waals surface area contributed by atoms with Crippen molar-refractivity contribution in [1.82, 2.24) is 0 Å². The van der Waals surface area contributed by atoms with Crippen molar-refractivity contribution < 1.29 is 28.0 Å². The summed E-state index contributed by atoms with van der Waals surface area (Å²) in [6, 6.07) is 8.26. The molecular formula is C19H19F2N3O5. The van der Waals surface area contributed by atoms with E-state index in [1.165, 1.54) is 37.4 Å². The van der Waals surface area contributed by atoms with E-state index in [9.17, 15) is 23.7 Å². The average molecular weight is 407 g/mol. The molecule has 1 saturated heterocycles. The van der Waals surface area contributed by atoms with E-state index in [0.29, 0.717) is 5.69 Å². The van der Waals surface area contributed by atoms with Gasteiger partial charge in [0, 0.05) is 36.5 Å². The summed E-state index contributed by atoms with van der Waals surface area (Å²) < 4.78 is 34.4. The van der Waals surface area contributed by atoms with Crippen LogP contribution < -0.4 is 19.7 Å². The van der Waals surface area contributed by atoms with Gasteiger partial charge in [0.05, 0.1) is 12.0 Å². The smallest absolute Gasteiger partial charge is 0.387 e. The minimum Gasteiger partial charge on any atom is -0.493 e. The third-order valence-electron chi connectivity index (χ3n) is 4.52. The molecule has 0 bridgehead atoms. The summed E-state index contributed by atoms with van der Waals surface area (Å²) in [6.45, 7) is -1.60. The second-order valence-electron chi connectivity index (χ2n) is 6.35. The van der Waals surface area contributed by atoms with Gasteiger partial charge in [-0.2, -0.15) is 8.78 Å². The SMILES string of the molecule is COc1ccc(NC(=O)c2ccc(N3CCCC3)c([N+](=O)[O-])c2)cc1OC(F)F. The Kier molecular flexibility index (Phi) is 6.10. The normalized spacial score (nSPS) is 13.4. The fourth-order valence-corrected chi connectivity index (χ4v) is 3.18. The van der Waals surface area contributed by atoms with Crippen LogP contribution in [0.3, 0.4) is 0 Å². The van der Waals surface area contributed by atoms with Gasteiger partial charge in [0.15, 0.2) is 11.5 Å². The van der Waals surface area contributed by atoms with E-state index < -0.39 is 17.4 Å².